The fourth-order valence-electron chi connectivity index (χ4n) is 2.04. The standard InChI is InChI=1S/C15H20N2/c1-11(2)8-13-4-6-14(7-5-13)9-15-10-16-17-12(15)3/h4-7,10-11H,8-9H2,1-3H3,(H,16,17). The molecule has 17 heavy (non-hydrogen) atoms. The predicted molar refractivity (Wildman–Crippen MR) is 71.1 cm³/mol. The molecule has 0 fully saturated rings. The van der Waals surface area contributed by atoms with E-state index in [4.69, 9.17) is 0 Å². The largest absolute Gasteiger partial charge is 0.283 e. The summed E-state index contributed by atoms with van der Waals surface area (Å²) < 4.78 is 0. The summed E-state index contributed by atoms with van der Waals surface area (Å²) in [5.41, 5.74) is 5.22. The molecule has 0 aliphatic carbocycles. The fraction of sp³-hybridized carbons (Fsp3) is 0.400. The van der Waals surface area contributed by atoms with Gasteiger partial charge in [-0.1, -0.05) is 38.1 Å². The molecular weight excluding hydrogens is 208 g/mol. The number of H-pyrrole nitrogens is 1. The Kier molecular flexibility index (Phi) is 3.62. The Morgan fingerprint density at radius 1 is 1.12 bits per heavy atom. The van der Waals surface area contributed by atoms with Crippen LogP contribution < -0.4 is 0 Å². The van der Waals surface area contributed by atoms with E-state index in [9.17, 15) is 0 Å². The molecule has 1 N–H and O–H groups in total. The highest BCUT2D eigenvalue weighted by Crippen LogP contribution is 2.14. The van der Waals surface area contributed by atoms with Crippen molar-refractivity contribution in [1.29, 1.82) is 0 Å². The molecule has 2 rings (SSSR count). The first-order chi connectivity index (χ1) is 8.15. The van der Waals surface area contributed by atoms with E-state index in [0.29, 0.717) is 0 Å². The first kappa shape index (κ1) is 11.9. The van der Waals surface area contributed by atoms with Gasteiger partial charge < -0.3 is 0 Å². The van der Waals surface area contributed by atoms with Crippen molar-refractivity contribution in [1.82, 2.24) is 10.2 Å². The van der Waals surface area contributed by atoms with Gasteiger partial charge in [0.2, 0.25) is 0 Å². The zero-order chi connectivity index (χ0) is 12.3. The number of aromatic nitrogens is 2. The minimum atomic E-state index is 0.719. The number of hydrogen-bond acceptors (Lipinski definition) is 1. The van der Waals surface area contributed by atoms with Gasteiger partial charge in [0.25, 0.3) is 0 Å². The third-order valence-corrected chi connectivity index (χ3v) is 3.00. The van der Waals surface area contributed by atoms with E-state index in [1.807, 2.05) is 6.20 Å². The molecule has 0 aliphatic rings. The van der Waals surface area contributed by atoms with E-state index in [0.717, 1.165) is 24.5 Å². The molecule has 90 valence electrons. The lowest BCUT2D eigenvalue weighted by molar-refractivity contribution is 0.647. The molecule has 0 amide bonds. The lowest BCUT2D eigenvalue weighted by atomic mass is 9.99. The second kappa shape index (κ2) is 5.17. The summed E-state index contributed by atoms with van der Waals surface area (Å²) in [6.07, 6.45) is 4.03. The Hall–Kier alpha value is -1.57. The number of hydrogen-bond donors (Lipinski definition) is 1. The smallest absolute Gasteiger partial charge is 0.0525 e. The van der Waals surface area contributed by atoms with Crippen molar-refractivity contribution in [2.45, 2.75) is 33.6 Å². The van der Waals surface area contributed by atoms with Gasteiger partial charge in [-0.3, -0.25) is 5.10 Å². The maximum absolute atomic E-state index is 4.05. The molecule has 1 aromatic carbocycles. The summed E-state index contributed by atoms with van der Waals surface area (Å²) in [6, 6.07) is 8.93. The van der Waals surface area contributed by atoms with Gasteiger partial charge in [-0.2, -0.15) is 5.10 Å². The summed E-state index contributed by atoms with van der Waals surface area (Å²) in [7, 11) is 0. The van der Waals surface area contributed by atoms with Crippen molar-refractivity contribution in [3.8, 4) is 0 Å². The van der Waals surface area contributed by atoms with Crippen molar-refractivity contribution in [2.24, 2.45) is 5.92 Å². The Bertz CT molecular complexity index is 466. The molecule has 2 aromatic rings. The van der Waals surface area contributed by atoms with Gasteiger partial charge in [0.15, 0.2) is 0 Å². The molecule has 0 atom stereocenters. The van der Waals surface area contributed by atoms with Crippen LogP contribution in [-0.2, 0) is 12.8 Å². The van der Waals surface area contributed by atoms with Gasteiger partial charge in [-0.15, -0.1) is 0 Å². The minimum Gasteiger partial charge on any atom is -0.283 e. The highest BCUT2D eigenvalue weighted by atomic mass is 15.1. The van der Waals surface area contributed by atoms with Crippen LogP contribution in [0.15, 0.2) is 30.5 Å². The second-order valence-electron chi connectivity index (χ2n) is 5.11. The van der Waals surface area contributed by atoms with Gasteiger partial charge in [0.1, 0.15) is 0 Å². The Labute approximate surface area is 103 Å². The fourth-order valence-corrected chi connectivity index (χ4v) is 2.04. The molecule has 0 spiro atoms. The number of benzene rings is 1. The molecule has 0 unspecified atom stereocenters. The van der Waals surface area contributed by atoms with Crippen molar-refractivity contribution >= 4 is 0 Å². The van der Waals surface area contributed by atoms with Crippen molar-refractivity contribution in [2.75, 3.05) is 0 Å². The zero-order valence-electron chi connectivity index (χ0n) is 10.8. The normalized spacial score (nSPS) is 11.1. The van der Waals surface area contributed by atoms with E-state index in [2.05, 4.69) is 55.2 Å². The highest BCUT2D eigenvalue weighted by molar-refractivity contribution is 5.29. The molecule has 2 nitrogen and oxygen atoms in total. The number of rotatable bonds is 4. The van der Waals surface area contributed by atoms with Gasteiger partial charge >= 0.3 is 0 Å². The Morgan fingerprint density at radius 2 is 1.76 bits per heavy atom. The number of nitrogens with one attached hydrogen (secondary N) is 1. The summed E-state index contributed by atoms with van der Waals surface area (Å²) in [5.74, 6) is 0.719. The van der Waals surface area contributed by atoms with Gasteiger partial charge in [0, 0.05) is 12.1 Å². The van der Waals surface area contributed by atoms with Crippen molar-refractivity contribution < 1.29 is 0 Å². The van der Waals surface area contributed by atoms with Crippen molar-refractivity contribution in [3.05, 3.63) is 52.8 Å². The number of aromatic amines is 1. The topological polar surface area (TPSA) is 28.7 Å². The van der Waals surface area contributed by atoms with Crippen molar-refractivity contribution in [3.63, 3.8) is 0 Å². The van der Waals surface area contributed by atoms with Gasteiger partial charge in [-0.25, -0.2) is 0 Å². The van der Waals surface area contributed by atoms with Crippen LogP contribution in [0.2, 0.25) is 0 Å². The first-order valence-electron chi connectivity index (χ1n) is 6.22. The molecule has 0 radical (unpaired) electrons. The van der Waals surface area contributed by atoms with Crippen LogP contribution in [0.5, 0.6) is 0 Å². The van der Waals surface area contributed by atoms with Gasteiger partial charge in [0.05, 0.1) is 6.20 Å². The van der Waals surface area contributed by atoms with E-state index in [1.54, 1.807) is 0 Å². The average Bonchev–Trinajstić information content (AvgIpc) is 2.67. The van der Waals surface area contributed by atoms with E-state index >= 15 is 0 Å². The minimum absolute atomic E-state index is 0.719. The number of nitrogens with zero attached hydrogens (tertiary/aromatic N) is 1. The molecule has 2 heteroatoms. The quantitative estimate of drug-likeness (QED) is 0.852. The second-order valence-corrected chi connectivity index (χ2v) is 5.11. The SMILES string of the molecule is Cc1[nH]ncc1Cc1ccc(CC(C)C)cc1. The Morgan fingerprint density at radius 3 is 2.29 bits per heavy atom. The van der Waals surface area contributed by atoms with Crippen LogP contribution in [0.4, 0.5) is 0 Å². The van der Waals surface area contributed by atoms with Gasteiger partial charge in [-0.05, 0) is 36.0 Å². The van der Waals surface area contributed by atoms with E-state index < -0.39 is 0 Å². The summed E-state index contributed by atoms with van der Waals surface area (Å²) in [5, 5.41) is 7.03. The van der Waals surface area contributed by atoms with Crippen LogP contribution in [-0.4, -0.2) is 10.2 Å². The van der Waals surface area contributed by atoms with Crippen LogP contribution in [0, 0.1) is 12.8 Å². The van der Waals surface area contributed by atoms with Crippen LogP contribution in [0.3, 0.4) is 0 Å². The Balaban J connectivity index is 2.06. The molecule has 1 aromatic heterocycles. The lowest BCUT2D eigenvalue weighted by Crippen LogP contribution is -1.95. The van der Waals surface area contributed by atoms with Crippen LogP contribution in [0.1, 0.15) is 36.2 Å². The summed E-state index contributed by atoms with van der Waals surface area (Å²) in [6.45, 7) is 6.57. The first-order valence-corrected chi connectivity index (χ1v) is 6.22. The summed E-state index contributed by atoms with van der Waals surface area (Å²) >= 11 is 0. The summed E-state index contributed by atoms with van der Waals surface area (Å²) in [4.78, 5) is 0. The maximum Gasteiger partial charge on any atom is 0.0525 e. The molecule has 0 bridgehead atoms. The molecule has 0 aliphatic heterocycles. The third kappa shape index (κ3) is 3.19. The van der Waals surface area contributed by atoms with Crippen LogP contribution in [0.25, 0.3) is 0 Å². The zero-order valence-corrected chi connectivity index (χ0v) is 10.8. The molecule has 0 saturated carbocycles. The van der Waals surface area contributed by atoms with Crippen LogP contribution >= 0.6 is 0 Å². The van der Waals surface area contributed by atoms with E-state index in [1.165, 1.54) is 16.7 Å². The van der Waals surface area contributed by atoms with E-state index in [-0.39, 0.29) is 0 Å². The average molecular weight is 228 g/mol. The molecule has 0 saturated heterocycles. The lowest BCUT2D eigenvalue weighted by Gasteiger charge is -2.06. The molecular formula is C15H20N2. The molecule has 1 heterocycles. The highest BCUT2D eigenvalue weighted by Gasteiger charge is 2.02. The maximum atomic E-state index is 4.05. The third-order valence-electron chi connectivity index (χ3n) is 3.00. The predicted octanol–water partition coefficient (Wildman–Crippen LogP) is 3.51. The monoisotopic (exact) mass is 228 g/mol. The number of aryl methyl sites for hydroxylation is 1.